The summed E-state index contributed by atoms with van der Waals surface area (Å²) in [6.07, 6.45) is 0.764. The van der Waals surface area contributed by atoms with Gasteiger partial charge in [-0.25, -0.2) is 0 Å². The van der Waals surface area contributed by atoms with E-state index in [0.29, 0.717) is 37.3 Å². The van der Waals surface area contributed by atoms with Gasteiger partial charge in [-0.05, 0) is 86.7 Å². The summed E-state index contributed by atoms with van der Waals surface area (Å²) < 4.78 is 52.5. The topological polar surface area (TPSA) is 92.8 Å². The van der Waals surface area contributed by atoms with Gasteiger partial charge in [0, 0.05) is 43.5 Å². The number of aromatic nitrogens is 1. The van der Waals surface area contributed by atoms with Crippen molar-refractivity contribution in [2.75, 3.05) is 38.6 Å². The van der Waals surface area contributed by atoms with Crippen LogP contribution in [0.3, 0.4) is 0 Å². The van der Waals surface area contributed by atoms with Crippen molar-refractivity contribution in [3.63, 3.8) is 0 Å². The van der Waals surface area contributed by atoms with Crippen molar-refractivity contribution in [3.8, 4) is 17.2 Å². The van der Waals surface area contributed by atoms with Crippen LogP contribution in [0.2, 0.25) is 0 Å². The van der Waals surface area contributed by atoms with Crippen LogP contribution in [0.1, 0.15) is 46.4 Å². The number of benzene rings is 2. The molecule has 1 atom stereocenters. The number of carbonyl (C=O) groups excluding carboxylic acids is 2. The van der Waals surface area contributed by atoms with Gasteiger partial charge in [0.1, 0.15) is 29.5 Å². The minimum Gasteiger partial charge on any atom is -0.492 e. The Hall–Kier alpha value is -4.12. The summed E-state index contributed by atoms with van der Waals surface area (Å²) in [5.74, 6) is -0.0533. The molecule has 222 valence electrons. The number of nitrogens with zero attached hydrogens (tertiary/aromatic N) is 2. The summed E-state index contributed by atoms with van der Waals surface area (Å²) in [6, 6.07) is 12.2. The number of pyridine rings is 1. The van der Waals surface area contributed by atoms with Crippen molar-refractivity contribution in [1.29, 1.82) is 0 Å². The molecule has 1 fully saturated rings. The number of aryl methyl sites for hydroxylation is 1. The van der Waals surface area contributed by atoms with E-state index in [2.05, 4.69) is 20.5 Å². The smallest absolute Gasteiger partial charge is 0.416 e. The molecule has 3 aromatic rings. The number of ether oxygens (including phenoxy) is 2. The summed E-state index contributed by atoms with van der Waals surface area (Å²) in [5.41, 5.74) is 1.41. The molecule has 1 aliphatic carbocycles. The SMILES string of the molecule is CNC(=O)c1cc(Oc2ccc3c(c2)CC(C(=O)Nc2cc(OCCN4CCCC4)cc(C(F)(F)F)c2)CC3)ccn1. The van der Waals surface area contributed by atoms with Crippen LogP contribution in [0.15, 0.2) is 54.7 Å². The number of anilines is 1. The molecule has 42 heavy (non-hydrogen) atoms. The number of amides is 2. The third-order valence-electron chi connectivity index (χ3n) is 7.58. The Balaban J connectivity index is 1.25. The molecule has 0 radical (unpaired) electrons. The van der Waals surface area contributed by atoms with Crippen LogP contribution >= 0.6 is 0 Å². The van der Waals surface area contributed by atoms with E-state index in [0.717, 1.165) is 49.2 Å². The number of rotatable bonds is 9. The minimum atomic E-state index is -4.58. The van der Waals surface area contributed by atoms with E-state index in [-0.39, 0.29) is 35.6 Å². The van der Waals surface area contributed by atoms with Crippen molar-refractivity contribution in [2.45, 2.75) is 38.3 Å². The molecule has 1 saturated heterocycles. The van der Waals surface area contributed by atoms with Gasteiger partial charge in [0.15, 0.2) is 0 Å². The first-order valence-electron chi connectivity index (χ1n) is 14.0. The largest absolute Gasteiger partial charge is 0.492 e. The van der Waals surface area contributed by atoms with Crippen molar-refractivity contribution in [1.82, 2.24) is 15.2 Å². The van der Waals surface area contributed by atoms with Gasteiger partial charge in [-0.2, -0.15) is 13.2 Å². The Kier molecular flexibility index (Phi) is 8.96. The van der Waals surface area contributed by atoms with E-state index >= 15 is 0 Å². The first kappa shape index (κ1) is 29.4. The van der Waals surface area contributed by atoms with Gasteiger partial charge in [0.25, 0.3) is 5.91 Å². The maximum Gasteiger partial charge on any atom is 0.416 e. The summed E-state index contributed by atoms with van der Waals surface area (Å²) in [7, 11) is 1.52. The lowest BCUT2D eigenvalue weighted by molar-refractivity contribution is -0.137. The molecule has 11 heteroatoms. The minimum absolute atomic E-state index is 0.0542. The van der Waals surface area contributed by atoms with Crippen LogP contribution in [0.25, 0.3) is 0 Å². The Morgan fingerprint density at radius 1 is 1.00 bits per heavy atom. The number of fused-ring (bicyclic) bond motifs is 1. The molecule has 1 unspecified atom stereocenters. The molecular weight excluding hydrogens is 549 g/mol. The monoisotopic (exact) mass is 582 g/mol. The predicted molar refractivity (Wildman–Crippen MR) is 151 cm³/mol. The van der Waals surface area contributed by atoms with E-state index < -0.39 is 17.7 Å². The molecule has 2 amide bonds. The molecule has 1 aliphatic heterocycles. The Morgan fingerprint density at radius 3 is 2.55 bits per heavy atom. The predicted octanol–water partition coefficient (Wildman–Crippen LogP) is 5.47. The zero-order valence-electron chi connectivity index (χ0n) is 23.3. The highest BCUT2D eigenvalue weighted by Gasteiger charge is 2.32. The second-order valence-corrected chi connectivity index (χ2v) is 10.6. The van der Waals surface area contributed by atoms with Gasteiger partial charge in [-0.15, -0.1) is 0 Å². The number of carbonyl (C=O) groups is 2. The van der Waals surface area contributed by atoms with Gasteiger partial charge in [-0.1, -0.05) is 6.07 Å². The second-order valence-electron chi connectivity index (χ2n) is 10.6. The highest BCUT2D eigenvalue weighted by atomic mass is 19.4. The van der Waals surface area contributed by atoms with Crippen LogP contribution in [0.4, 0.5) is 18.9 Å². The zero-order valence-corrected chi connectivity index (χ0v) is 23.3. The molecule has 0 bridgehead atoms. The van der Waals surface area contributed by atoms with Crippen LogP contribution < -0.4 is 20.1 Å². The molecule has 2 aliphatic rings. The third kappa shape index (κ3) is 7.39. The fourth-order valence-electron chi connectivity index (χ4n) is 5.35. The van der Waals surface area contributed by atoms with Gasteiger partial charge in [0.05, 0.1) is 5.56 Å². The lowest BCUT2D eigenvalue weighted by Gasteiger charge is -2.25. The molecule has 8 nitrogen and oxygen atoms in total. The molecule has 1 aromatic heterocycles. The van der Waals surface area contributed by atoms with Crippen molar-refractivity contribution < 1.29 is 32.2 Å². The highest BCUT2D eigenvalue weighted by Crippen LogP contribution is 2.35. The number of hydrogen-bond acceptors (Lipinski definition) is 6. The average molecular weight is 583 g/mol. The molecule has 2 N–H and O–H groups in total. The highest BCUT2D eigenvalue weighted by molar-refractivity contribution is 5.93. The summed E-state index contributed by atoms with van der Waals surface area (Å²) in [6.45, 7) is 2.84. The van der Waals surface area contributed by atoms with Crippen LogP contribution in [0.5, 0.6) is 17.2 Å². The van der Waals surface area contributed by atoms with E-state index in [1.165, 1.54) is 25.4 Å². The molecule has 2 aromatic carbocycles. The first-order chi connectivity index (χ1) is 20.2. The maximum atomic E-state index is 13.6. The molecule has 0 saturated carbocycles. The lowest BCUT2D eigenvalue weighted by Crippen LogP contribution is -2.28. The fourth-order valence-corrected chi connectivity index (χ4v) is 5.35. The summed E-state index contributed by atoms with van der Waals surface area (Å²) >= 11 is 0. The molecular formula is C31H33F3N4O4. The van der Waals surface area contributed by atoms with E-state index in [1.807, 2.05) is 18.2 Å². The van der Waals surface area contributed by atoms with E-state index in [4.69, 9.17) is 9.47 Å². The number of alkyl halides is 3. The van der Waals surface area contributed by atoms with E-state index in [9.17, 15) is 22.8 Å². The summed E-state index contributed by atoms with van der Waals surface area (Å²) in [4.78, 5) is 31.4. The van der Waals surface area contributed by atoms with Crippen molar-refractivity contribution in [2.24, 2.45) is 5.92 Å². The van der Waals surface area contributed by atoms with Crippen molar-refractivity contribution >= 4 is 17.5 Å². The number of halogens is 3. The fraction of sp³-hybridized carbons (Fsp3) is 0.387. The van der Waals surface area contributed by atoms with Gasteiger partial charge in [-0.3, -0.25) is 19.5 Å². The van der Waals surface area contributed by atoms with Gasteiger partial charge in [0.2, 0.25) is 5.91 Å². The second kappa shape index (κ2) is 12.8. The number of likely N-dealkylation sites (tertiary alicyclic amines) is 1. The zero-order chi connectivity index (χ0) is 29.7. The third-order valence-corrected chi connectivity index (χ3v) is 7.58. The Morgan fingerprint density at radius 2 is 1.79 bits per heavy atom. The van der Waals surface area contributed by atoms with Crippen LogP contribution in [-0.4, -0.2) is 55.0 Å². The normalized spacial score (nSPS) is 16.9. The number of nitrogens with one attached hydrogen (secondary N) is 2. The standard InChI is InChI=1S/C31H33F3N4O4/c1-35-30(40)28-19-26(8-9-36-28)42-25-7-6-20-4-5-21(14-22(20)15-25)29(39)37-24-16-23(31(32,33)34)17-27(18-24)41-13-12-38-10-2-3-11-38/h6-9,15-19,21H,2-5,10-14H2,1H3,(H,35,40)(H,37,39). The maximum absolute atomic E-state index is 13.6. The molecule has 0 spiro atoms. The molecule has 2 heterocycles. The first-order valence-corrected chi connectivity index (χ1v) is 14.0. The van der Waals surface area contributed by atoms with Crippen LogP contribution in [0, 0.1) is 5.92 Å². The Labute approximate surface area is 242 Å². The lowest BCUT2D eigenvalue weighted by atomic mass is 9.83. The summed E-state index contributed by atoms with van der Waals surface area (Å²) in [5, 5.41) is 5.22. The quantitative estimate of drug-likeness (QED) is 0.348. The Bertz CT molecular complexity index is 1440. The molecule has 5 rings (SSSR count). The van der Waals surface area contributed by atoms with Crippen LogP contribution in [-0.2, 0) is 23.8 Å². The van der Waals surface area contributed by atoms with Gasteiger partial charge >= 0.3 is 6.18 Å². The van der Waals surface area contributed by atoms with Gasteiger partial charge < -0.3 is 20.1 Å². The number of hydrogen-bond donors (Lipinski definition) is 2. The van der Waals surface area contributed by atoms with Crippen molar-refractivity contribution in [3.05, 3.63) is 77.1 Å². The van der Waals surface area contributed by atoms with E-state index in [1.54, 1.807) is 6.07 Å². The average Bonchev–Trinajstić information content (AvgIpc) is 3.49.